The maximum Gasteiger partial charge on any atom is 0.421 e. The molecule has 0 atom stereocenters. The molecular weight excluding hydrogens is 488 g/mol. The van der Waals surface area contributed by atoms with Gasteiger partial charge < -0.3 is 9.47 Å². The van der Waals surface area contributed by atoms with Crippen molar-refractivity contribution in [1.82, 2.24) is 14.5 Å². The molecule has 14 heteroatoms. The third kappa shape index (κ3) is 8.62. The van der Waals surface area contributed by atoms with E-state index in [0.29, 0.717) is 0 Å². The highest BCUT2D eigenvalue weighted by atomic mass is 32.2. The number of hydrazine groups is 1. The van der Waals surface area contributed by atoms with Gasteiger partial charge in [-0.05, 0) is 38.1 Å². The first kappa shape index (κ1) is 27.0. The standard InChI is InChI=1S/C20H26N4O8S2/c1-15-3-7-17(8-4-15)33(27,28)22-19(25)31-13-11-24(21)12-14-32-20(26)23-34(29,30)18-9-5-16(2)6-10-18/h3-10H,11-14,21H2,1-2H3,(H,22,25)(H,23,26). The summed E-state index contributed by atoms with van der Waals surface area (Å²) in [7, 11) is -8.14. The minimum atomic E-state index is -4.07. The summed E-state index contributed by atoms with van der Waals surface area (Å²) in [6, 6.07) is 11.8. The maximum atomic E-state index is 12.1. The lowest BCUT2D eigenvalue weighted by Crippen LogP contribution is -2.40. The molecule has 0 heterocycles. The third-order valence-corrected chi connectivity index (χ3v) is 6.98. The molecule has 0 fully saturated rings. The average Bonchev–Trinajstić information content (AvgIpc) is 2.73. The van der Waals surface area contributed by atoms with Crippen molar-refractivity contribution in [3.8, 4) is 0 Å². The lowest BCUT2D eigenvalue weighted by Gasteiger charge is -2.16. The highest BCUT2D eigenvalue weighted by Crippen LogP contribution is 2.11. The Bertz CT molecular complexity index is 1100. The highest BCUT2D eigenvalue weighted by molar-refractivity contribution is 7.90. The van der Waals surface area contributed by atoms with E-state index in [9.17, 15) is 26.4 Å². The van der Waals surface area contributed by atoms with E-state index in [4.69, 9.17) is 15.3 Å². The molecule has 0 aliphatic heterocycles. The number of nitrogens with zero attached hydrogens (tertiary/aromatic N) is 1. The van der Waals surface area contributed by atoms with Crippen LogP contribution in [0, 0.1) is 13.8 Å². The number of carbonyl (C=O) groups is 2. The van der Waals surface area contributed by atoms with Gasteiger partial charge in [-0.15, -0.1) is 0 Å². The summed E-state index contributed by atoms with van der Waals surface area (Å²) < 4.78 is 61.6. The van der Waals surface area contributed by atoms with Crippen LogP contribution in [0.1, 0.15) is 11.1 Å². The SMILES string of the molecule is Cc1ccc(S(=O)(=O)NC(=O)OCCN(N)CCOC(=O)NS(=O)(=O)c2ccc(C)cc2)cc1. The molecule has 2 amide bonds. The Morgan fingerprint density at radius 3 is 1.38 bits per heavy atom. The fraction of sp³-hybridized carbons (Fsp3) is 0.300. The fourth-order valence-corrected chi connectivity index (χ4v) is 4.24. The van der Waals surface area contributed by atoms with Gasteiger partial charge in [0.25, 0.3) is 20.0 Å². The molecule has 2 rings (SSSR count). The molecule has 0 aliphatic rings. The summed E-state index contributed by atoms with van der Waals surface area (Å²) in [5.41, 5.74) is 1.72. The lowest BCUT2D eigenvalue weighted by atomic mass is 10.2. The van der Waals surface area contributed by atoms with Crippen LogP contribution in [0.15, 0.2) is 58.3 Å². The summed E-state index contributed by atoms with van der Waals surface area (Å²) in [5, 5.41) is 1.14. The number of rotatable bonds is 10. The number of benzene rings is 2. The van der Waals surface area contributed by atoms with Gasteiger partial charge in [0.2, 0.25) is 0 Å². The van der Waals surface area contributed by atoms with E-state index in [1.807, 2.05) is 0 Å². The lowest BCUT2D eigenvalue weighted by molar-refractivity contribution is 0.111. The van der Waals surface area contributed by atoms with Crippen LogP contribution in [0.5, 0.6) is 0 Å². The first-order valence-electron chi connectivity index (χ1n) is 9.91. The summed E-state index contributed by atoms with van der Waals surface area (Å²) in [6.07, 6.45) is -2.35. The smallest absolute Gasteiger partial charge is 0.421 e. The van der Waals surface area contributed by atoms with Gasteiger partial charge in [0.05, 0.1) is 9.79 Å². The Labute approximate surface area is 198 Å². The first-order chi connectivity index (χ1) is 15.9. The highest BCUT2D eigenvalue weighted by Gasteiger charge is 2.19. The van der Waals surface area contributed by atoms with Crippen molar-refractivity contribution in [3.63, 3.8) is 0 Å². The van der Waals surface area contributed by atoms with Crippen LogP contribution in [-0.4, -0.2) is 60.3 Å². The van der Waals surface area contributed by atoms with Gasteiger partial charge in [-0.3, -0.25) is 5.84 Å². The minimum absolute atomic E-state index is 0.00928. The van der Waals surface area contributed by atoms with Crippen LogP contribution in [0.2, 0.25) is 0 Å². The van der Waals surface area contributed by atoms with Gasteiger partial charge in [0, 0.05) is 13.1 Å². The van der Waals surface area contributed by atoms with Gasteiger partial charge >= 0.3 is 12.2 Å². The number of sulfonamides is 2. The van der Waals surface area contributed by atoms with Crippen LogP contribution in [-0.2, 0) is 29.5 Å². The summed E-state index contributed by atoms with van der Waals surface area (Å²) in [6.45, 7) is 3.07. The van der Waals surface area contributed by atoms with Crippen molar-refractivity contribution in [2.45, 2.75) is 23.6 Å². The quantitative estimate of drug-likeness (QED) is 0.306. The number of carbonyl (C=O) groups excluding carboxylic acids is 2. The molecule has 34 heavy (non-hydrogen) atoms. The molecule has 186 valence electrons. The van der Waals surface area contributed by atoms with Crippen molar-refractivity contribution >= 4 is 32.2 Å². The van der Waals surface area contributed by atoms with E-state index in [-0.39, 0.29) is 36.1 Å². The largest absolute Gasteiger partial charge is 0.447 e. The predicted molar refractivity (Wildman–Crippen MR) is 121 cm³/mol. The Kier molecular flexibility index (Phi) is 9.37. The van der Waals surface area contributed by atoms with E-state index >= 15 is 0 Å². The molecule has 12 nitrogen and oxygen atoms in total. The van der Waals surface area contributed by atoms with E-state index in [1.165, 1.54) is 24.3 Å². The van der Waals surface area contributed by atoms with Gasteiger partial charge in [-0.2, -0.15) is 0 Å². The van der Waals surface area contributed by atoms with Crippen molar-refractivity contribution in [3.05, 3.63) is 59.7 Å². The number of hydrogen-bond acceptors (Lipinski definition) is 10. The number of nitrogens with one attached hydrogen (secondary N) is 2. The average molecular weight is 515 g/mol. The zero-order chi connectivity index (χ0) is 25.4. The third-order valence-electron chi connectivity index (χ3n) is 4.32. The number of ether oxygens (including phenoxy) is 2. The van der Waals surface area contributed by atoms with Crippen LogP contribution < -0.4 is 15.3 Å². The Morgan fingerprint density at radius 1 is 0.735 bits per heavy atom. The number of aryl methyl sites for hydroxylation is 2. The van der Waals surface area contributed by atoms with Crippen molar-refractivity contribution in [2.75, 3.05) is 26.3 Å². The fourth-order valence-electron chi connectivity index (χ4n) is 2.45. The van der Waals surface area contributed by atoms with E-state index in [0.717, 1.165) is 16.1 Å². The monoisotopic (exact) mass is 514 g/mol. The molecule has 2 aromatic rings. The van der Waals surface area contributed by atoms with Crippen molar-refractivity contribution in [2.24, 2.45) is 5.84 Å². The van der Waals surface area contributed by atoms with E-state index < -0.39 is 32.2 Å². The van der Waals surface area contributed by atoms with Crippen molar-refractivity contribution < 1.29 is 35.9 Å². The molecular formula is C20H26N4O8S2. The molecule has 0 aromatic heterocycles. The summed E-state index contributed by atoms with van der Waals surface area (Å²) in [4.78, 5) is 23.3. The number of amides is 2. The molecule has 4 N–H and O–H groups in total. The molecule has 0 aliphatic carbocycles. The Balaban J connectivity index is 1.67. The van der Waals surface area contributed by atoms with Crippen LogP contribution in [0.3, 0.4) is 0 Å². The van der Waals surface area contributed by atoms with E-state index in [2.05, 4.69) is 0 Å². The van der Waals surface area contributed by atoms with Gasteiger partial charge in [-0.25, -0.2) is 40.9 Å². The zero-order valence-electron chi connectivity index (χ0n) is 18.6. The predicted octanol–water partition coefficient (Wildman–Crippen LogP) is 1.01. The normalized spacial score (nSPS) is 11.6. The molecule has 0 saturated carbocycles. The maximum absolute atomic E-state index is 12.1. The van der Waals surface area contributed by atoms with Crippen LogP contribution >= 0.6 is 0 Å². The molecule has 0 saturated heterocycles. The number of hydrogen-bond donors (Lipinski definition) is 3. The Hall–Kier alpha value is -3.20. The van der Waals surface area contributed by atoms with Crippen LogP contribution in [0.4, 0.5) is 9.59 Å². The Morgan fingerprint density at radius 2 is 1.06 bits per heavy atom. The molecule has 0 spiro atoms. The minimum Gasteiger partial charge on any atom is -0.447 e. The first-order valence-corrected chi connectivity index (χ1v) is 12.9. The number of nitrogens with two attached hydrogens (primary N) is 1. The molecule has 2 aromatic carbocycles. The van der Waals surface area contributed by atoms with E-state index in [1.54, 1.807) is 47.6 Å². The van der Waals surface area contributed by atoms with Crippen LogP contribution in [0.25, 0.3) is 0 Å². The summed E-state index contributed by atoms with van der Waals surface area (Å²) >= 11 is 0. The van der Waals surface area contributed by atoms with Crippen molar-refractivity contribution in [1.29, 1.82) is 0 Å². The zero-order valence-corrected chi connectivity index (χ0v) is 20.2. The molecule has 0 unspecified atom stereocenters. The van der Waals surface area contributed by atoms with Gasteiger partial charge in [0.1, 0.15) is 13.2 Å². The van der Waals surface area contributed by atoms with Gasteiger partial charge in [0.15, 0.2) is 0 Å². The molecule has 0 bridgehead atoms. The summed E-state index contributed by atoms with van der Waals surface area (Å²) in [5.74, 6) is 5.68. The molecule has 0 radical (unpaired) electrons. The van der Waals surface area contributed by atoms with Gasteiger partial charge in [-0.1, -0.05) is 35.4 Å². The topological polar surface area (TPSA) is 174 Å². The second-order valence-electron chi connectivity index (χ2n) is 7.14. The second-order valence-corrected chi connectivity index (χ2v) is 10.5. The second kappa shape index (κ2) is 11.8.